The van der Waals surface area contributed by atoms with Crippen LogP contribution in [0.2, 0.25) is 0 Å². The smallest absolute Gasteiger partial charge is 0.328 e. The largest absolute Gasteiger partial charge is 0.467 e. The number of hydrogen-bond acceptors (Lipinski definition) is 4. The molecule has 0 radical (unpaired) electrons. The number of amides is 1. The Morgan fingerprint density at radius 2 is 2.14 bits per heavy atom. The molecule has 1 saturated heterocycles. The SMILES string of the molecule is COC(=O)[C@H](Cc1ccc(I)cc1)NC(=O)[C@H]1CCCO1. The minimum Gasteiger partial charge on any atom is -0.467 e. The Hall–Kier alpha value is -1.15. The maximum absolute atomic E-state index is 12.1. The molecule has 1 aromatic carbocycles. The summed E-state index contributed by atoms with van der Waals surface area (Å²) in [5.74, 6) is -0.687. The number of ether oxygens (including phenoxy) is 2. The van der Waals surface area contributed by atoms with Crippen LogP contribution < -0.4 is 5.32 Å². The van der Waals surface area contributed by atoms with Crippen LogP contribution in [0.1, 0.15) is 18.4 Å². The summed E-state index contributed by atoms with van der Waals surface area (Å²) in [5, 5.41) is 2.73. The van der Waals surface area contributed by atoms with Crippen molar-refractivity contribution in [3.63, 3.8) is 0 Å². The third kappa shape index (κ3) is 4.67. The van der Waals surface area contributed by atoms with Crippen molar-refractivity contribution in [2.75, 3.05) is 13.7 Å². The van der Waals surface area contributed by atoms with Gasteiger partial charge in [0.2, 0.25) is 5.91 Å². The number of esters is 1. The monoisotopic (exact) mass is 403 g/mol. The van der Waals surface area contributed by atoms with Gasteiger partial charge in [0.25, 0.3) is 0 Å². The third-order valence-electron chi connectivity index (χ3n) is 3.38. The molecular weight excluding hydrogens is 385 g/mol. The summed E-state index contributed by atoms with van der Waals surface area (Å²) in [6, 6.07) is 7.12. The zero-order valence-corrected chi connectivity index (χ0v) is 14.0. The molecule has 2 atom stereocenters. The van der Waals surface area contributed by atoms with Crippen molar-refractivity contribution in [3.8, 4) is 0 Å². The topological polar surface area (TPSA) is 64.6 Å². The summed E-state index contributed by atoms with van der Waals surface area (Å²) in [4.78, 5) is 23.9. The Morgan fingerprint density at radius 3 is 2.71 bits per heavy atom. The van der Waals surface area contributed by atoms with Gasteiger partial charge in [0, 0.05) is 16.6 Å². The zero-order valence-electron chi connectivity index (χ0n) is 11.8. The van der Waals surface area contributed by atoms with Crippen molar-refractivity contribution in [1.82, 2.24) is 5.32 Å². The normalized spacial score (nSPS) is 19.0. The first kappa shape index (κ1) is 16.2. The second-order valence-corrected chi connectivity index (χ2v) is 6.16. The number of carbonyl (C=O) groups is 2. The van der Waals surface area contributed by atoms with E-state index < -0.39 is 18.1 Å². The van der Waals surface area contributed by atoms with E-state index in [-0.39, 0.29) is 5.91 Å². The third-order valence-corrected chi connectivity index (χ3v) is 4.10. The molecule has 6 heteroatoms. The summed E-state index contributed by atoms with van der Waals surface area (Å²) in [7, 11) is 1.32. The Bertz CT molecular complexity index is 497. The fourth-order valence-corrected chi connectivity index (χ4v) is 2.60. The van der Waals surface area contributed by atoms with Gasteiger partial charge in [0.15, 0.2) is 0 Å². The molecule has 0 saturated carbocycles. The Balaban J connectivity index is 2.01. The lowest BCUT2D eigenvalue weighted by atomic mass is 10.1. The molecule has 1 fully saturated rings. The average molecular weight is 403 g/mol. The van der Waals surface area contributed by atoms with Gasteiger partial charge >= 0.3 is 5.97 Å². The highest BCUT2D eigenvalue weighted by Gasteiger charge is 2.28. The van der Waals surface area contributed by atoms with Gasteiger partial charge in [-0.1, -0.05) is 12.1 Å². The number of carbonyl (C=O) groups excluding carboxylic acids is 2. The van der Waals surface area contributed by atoms with Crippen LogP contribution in [0.25, 0.3) is 0 Å². The molecule has 0 unspecified atom stereocenters. The molecule has 2 rings (SSSR count). The van der Waals surface area contributed by atoms with Gasteiger partial charge < -0.3 is 14.8 Å². The highest BCUT2D eigenvalue weighted by Crippen LogP contribution is 2.13. The van der Waals surface area contributed by atoms with Crippen LogP contribution in [0.15, 0.2) is 24.3 Å². The highest BCUT2D eigenvalue weighted by atomic mass is 127. The van der Waals surface area contributed by atoms with Crippen LogP contribution in [-0.4, -0.2) is 37.7 Å². The fraction of sp³-hybridized carbons (Fsp3) is 0.467. The number of halogens is 1. The van der Waals surface area contributed by atoms with E-state index in [0.29, 0.717) is 19.4 Å². The van der Waals surface area contributed by atoms with Crippen molar-refractivity contribution < 1.29 is 19.1 Å². The average Bonchev–Trinajstić information content (AvgIpc) is 3.02. The second-order valence-electron chi connectivity index (χ2n) is 4.92. The number of hydrogen-bond donors (Lipinski definition) is 1. The van der Waals surface area contributed by atoms with Crippen molar-refractivity contribution in [2.24, 2.45) is 0 Å². The predicted octanol–water partition coefficient (Wildman–Crippen LogP) is 1.67. The summed E-state index contributed by atoms with van der Waals surface area (Å²) in [5.41, 5.74) is 0.971. The lowest BCUT2D eigenvalue weighted by Crippen LogP contribution is -2.47. The number of benzene rings is 1. The minimum atomic E-state index is -0.688. The molecule has 1 N–H and O–H groups in total. The van der Waals surface area contributed by atoms with Crippen molar-refractivity contribution in [3.05, 3.63) is 33.4 Å². The van der Waals surface area contributed by atoms with Crippen molar-refractivity contribution in [1.29, 1.82) is 0 Å². The first-order valence-electron chi connectivity index (χ1n) is 6.84. The predicted molar refractivity (Wildman–Crippen MR) is 85.8 cm³/mol. The summed E-state index contributed by atoms with van der Waals surface area (Å²) >= 11 is 2.22. The molecule has 114 valence electrons. The molecule has 21 heavy (non-hydrogen) atoms. The molecule has 1 heterocycles. The molecular formula is C15H18INO4. The first-order valence-corrected chi connectivity index (χ1v) is 7.92. The van der Waals surface area contributed by atoms with Gasteiger partial charge in [0.1, 0.15) is 12.1 Å². The van der Waals surface area contributed by atoms with E-state index in [9.17, 15) is 9.59 Å². The summed E-state index contributed by atoms with van der Waals surface area (Å²) in [6.07, 6.45) is 1.53. The maximum Gasteiger partial charge on any atom is 0.328 e. The van der Waals surface area contributed by atoms with Gasteiger partial charge in [-0.05, 0) is 53.1 Å². The maximum atomic E-state index is 12.1. The first-order chi connectivity index (χ1) is 10.1. The van der Waals surface area contributed by atoms with Crippen molar-refractivity contribution >= 4 is 34.5 Å². The van der Waals surface area contributed by atoms with E-state index in [0.717, 1.165) is 15.6 Å². The van der Waals surface area contributed by atoms with Crippen LogP contribution in [0, 0.1) is 3.57 Å². The zero-order chi connectivity index (χ0) is 15.2. The lowest BCUT2D eigenvalue weighted by molar-refractivity contribution is -0.146. The summed E-state index contributed by atoms with van der Waals surface area (Å²) < 4.78 is 11.2. The van der Waals surface area contributed by atoms with E-state index in [4.69, 9.17) is 9.47 Å². The van der Waals surface area contributed by atoms with Crippen LogP contribution >= 0.6 is 22.6 Å². The number of nitrogens with one attached hydrogen (secondary N) is 1. The lowest BCUT2D eigenvalue weighted by Gasteiger charge is -2.18. The van der Waals surface area contributed by atoms with Gasteiger partial charge in [-0.15, -0.1) is 0 Å². The number of methoxy groups -OCH3 is 1. The van der Waals surface area contributed by atoms with Crippen LogP contribution in [0.4, 0.5) is 0 Å². The van der Waals surface area contributed by atoms with Gasteiger partial charge in [-0.2, -0.15) is 0 Å². The van der Waals surface area contributed by atoms with Gasteiger partial charge in [-0.25, -0.2) is 4.79 Å². The molecule has 0 bridgehead atoms. The van der Waals surface area contributed by atoms with Crippen molar-refractivity contribution in [2.45, 2.75) is 31.4 Å². The molecule has 0 aromatic heterocycles. The van der Waals surface area contributed by atoms with E-state index >= 15 is 0 Å². The Morgan fingerprint density at radius 1 is 1.43 bits per heavy atom. The van der Waals surface area contributed by atoms with E-state index in [1.165, 1.54) is 7.11 Å². The number of rotatable bonds is 5. The molecule has 1 amide bonds. The molecule has 1 aliphatic heterocycles. The molecule has 1 aliphatic rings. The Labute approximate surface area is 137 Å². The van der Waals surface area contributed by atoms with Crippen LogP contribution in [-0.2, 0) is 25.5 Å². The standard InChI is InChI=1S/C15H18INO4/c1-20-15(19)12(9-10-4-6-11(16)7-5-10)17-14(18)13-3-2-8-21-13/h4-7,12-13H,2-3,8-9H2,1H3,(H,17,18)/t12-,13+/m0/s1. The van der Waals surface area contributed by atoms with Gasteiger partial charge in [-0.3, -0.25) is 4.79 Å². The van der Waals surface area contributed by atoms with E-state index in [2.05, 4.69) is 27.9 Å². The molecule has 0 aliphatic carbocycles. The van der Waals surface area contributed by atoms with E-state index in [1.807, 2.05) is 24.3 Å². The fourth-order valence-electron chi connectivity index (χ4n) is 2.24. The second kappa shape index (κ2) is 7.74. The van der Waals surface area contributed by atoms with Gasteiger partial charge in [0.05, 0.1) is 7.11 Å². The quantitative estimate of drug-likeness (QED) is 0.600. The highest BCUT2D eigenvalue weighted by molar-refractivity contribution is 14.1. The van der Waals surface area contributed by atoms with Crippen LogP contribution in [0.3, 0.4) is 0 Å². The molecule has 0 spiro atoms. The minimum absolute atomic E-state index is 0.242. The molecule has 5 nitrogen and oxygen atoms in total. The van der Waals surface area contributed by atoms with E-state index in [1.54, 1.807) is 0 Å². The summed E-state index contributed by atoms with van der Waals surface area (Å²) in [6.45, 7) is 0.595. The molecule has 1 aromatic rings. The van der Waals surface area contributed by atoms with Crippen LogP contribution in [0.5, 0.6) is 0 Å². The Kier molecular flexibility index (Phi) is 5.98.